The summed E-state index contributed by atoms with van der Waals surface area (Å²) in [6.07, 6.45) is 4.60. The molecule has 1 fully saturated rings. The largest absolute Gasteiger partial charge is 0.490 e. The first kappa shape index (κ1) is 14.7. The summed E-state index contributed by atoms with van der Waals surface area (Å²) < 4.78 is 11.4. The third-order valence-corrected chi connectivity index (χ3v) is 4.60. The summed E-state index contributed by atoms with van der Waals surface area (Å²) in [6, 6.07) is 6.17. The van der Waals surface area contributed by atoms with E-state index in [4.69, 9.17) is 9.47 Å². The van der Waals surface area contributed by atoms with Crippen molar-refractivity contribution in [2.75, 3.05) is 26.4 Å². The zero-order valence-corrected chi connectivity index (χ0v) is 12.5. The topological polar surface area (TPSA) is 50.7 Å². The van der Waals surface area contributed by atoms with Crippen LogP contribution in [-0.4, -0.2) is 31.5 Å². The lowest BCUT2D eigenvalue weighted by Gasteiger charge is -2.18. The molecule has 0 spiro atoms. The van der Waals surface area contributed by atoms with E-state index in [1.165, 1.54) is 24.8 Å². The summed E-state index contributed by atoms with van der Waals surface area (Å²) in [6.45, 7) is 3.61. The highest BCUT2D eigenvalue weighted by Crippen LogP contribution is 2.32. The van der Waals surface area contributed by atoms with Gasteiger partial charge in [0.1, 0.15) is 0 Å². The number of aliphatic hydroxyl groups is 1. The molecule has 0 radical (unpaired) electrons. The molecule has 2 N–H and O–H groups in total. The Balaban J connectivity index is 1.52. The molecule has 3 rings (SSSR count). The molecule has 1 aliphatic carbocycles. The van der Waals surface area contributed by atoms with Crippen molar-refractivity contribution in [2.24, 2.45) is 11.8 Å². The summed E-state index contributed by atoms with van der Waals surface area (Å²) in [5.41, 5.74) is 1.22. The van der Waals surface area contributed by atoms with Gasteiger partial charge in [0.15, 0.2) is 11.5 Å². The molecule has 0 aromatic heterocycles. The molecule has 4 heteroatoms. The number of benzene rings is 1. The number of nitrogens with one attached hydrogen (secondary N) is 1. The lowest BCUT2D eigenvalue weighted by molar-refractivity contribution is 0.192. The van der Waals surface area contributed by atoms with Gasteiger partial charge in [-0.3, -0.25) is 0 Å². The fraction of sp³-hybridized carbons (Fsp3) is 0.647. The van der Waals surface area contributed by atoms with Gasteiger partial charge >= 0.3 is 0 Å². The van der Waals surface area contributed by atoms with Crippen LogP contribution in [0.4, 0.5) is 0 Å². The van der Waals surface area contributed by atoms with E-state index < -0.39 is 0 Å². The molecule has 21 heavy (non-hydrogen) atoms. The Labute approximate surface area is 126 Å². The van der Waals surface area contributed by atoms with E-state index in [9.17, 15) is 5.11 Å². The smallest absolute Gasteiger partial charge is 0.161 e. The highest BCUT2D eigenvalue weighted by Gasteiger charge is 2.25. The molecule has 0 saturated heterocycles. The first-order valence-corrected chi connectivity index (χ1v) is 8.07. The van der Waals surface area contributed by atoms with E-state index in [1.807, 2.05) is 6.07 Å². The third kappa shape index (κ3) is 3.69. The fourth-order valence-corrected chi connectivity index (χ4v) is 3.34. The van der Waals surface area contributed by atoms with Crippen LogP contribution in [0.25, 0.3) is 0 Å². The highest BCUT2D eigenvalue weighted by atomic mass is 16.5. The quantitative estimate of drug-likeness (QED) is 0.874. The van der Waals surface area contributed by atoms with E-state index in [2.05, 4.69) is 17.4 Å². The van der Waals surface area contributed by atoms with Crippen molar-refractivity contribution >= 4 is 0 Å². The van der Waals surface area contributed by atoms with E-state index in [-0.39, 0.29) is 0 Å². The predicted molar refractivity (Wildman–Crippen MR) is 81.7 cm³/mol. The molecule has 1 aromatic rings. The van der Waals surface area contributed by atoms with Gasteiger partial charge in [-0.05, 0) is 48.9 Å². The van der Waals surface area contributed by atoms with Crippen LogP contribution in [-0.2, 0) is 6.54 Å². The van der Waals surface area contributed by atoms with Crippen LogP contribution in [0.15, 0.2) is 18.2 Å². The summed E-state index contributed by atoms with van der Waals surface area (Å²) in [5.74, 6) is 2.82. The zero-order valence-electron chi connectivity index (χ0n) is 12.5. The zero-order chi connectivity index (χ0) is 14.5. The monoisotopic (exact) mass is 291 g/mol. The van der Waals surface area contributed by atoms with Crippen LogP contribution in [0.2, 0.25) is 0 Å². The van der Waals surface area contributed by atoms with Gasteiger partial charge in [0.2, 0.25) is 0 Å². The van der Waals surface area contributed by atoms with Gasteiger partial charge in [-0.2, -0.15) is 0 Å². The minimum Gasteiger partial charge on any atom is -0.490 e. The van der Waals surface area contributed by atoms with Crippen LogP contribution in [0.5, 0.6) is 11.5 Å². The normalized spacial score (nSPS) is 24.8. The van der Waals surface area contributed by atoms with Crippen LogP contribution >= 0.6 is 0 Å². The Bertz CT molecular complexity index is 463. The highest BCUT2D eigenvalue weighted by molar-refractivity contribution is 5.43. The summed E-state index contributed by atoms with van der Waals surface area (Å²) in [4.78, 5) is 0. The van der Waals surface area contributed by atoms with E-state index in [0.29, 0.717) is 18.4 Å². The number of rotatable bonds is 5. The average molecular weight is 291 g/mol. The second-order valence-corrected chi connectivity index (χ2v) is 6.10. The number of fused-ring (bicyclic) bond motifs is 1. The van der Waals surface area contributed by atoms with E-state index in [1.54, 1.807) is 0 Å². The van der Waals surface area contributed by atoms with Gasteiger partial charge in [-0.15, -0.1) is 0 Å². The Morgan fingerprint density at radius 2 is 1.86 bits per heavy atom. The maximum absolute atomic E-state index is 9.35. The van der Waals surface area contributed by atoms with Crippen LogP contribution in [0.3, 0.4) is 0 Å². The number of ether oxygens (including phenoxy) is 2. The second kappa shape index (κ2) is 7.14. The van der Waals surface area contributed by atoms with Gasteiger partial charge in [-0.25, -0.2) is 0 Å². The Morgan fingerprint density at radius 3 is 2.71 bits per heavy atom. The first-order valence-electron chi connectivity index (χ1n) is 8.07. The summed E-state index contributed by atoms with van der Waals surface area (Å²) >= 11 is 0. The van der Waals surface area contributed by atoms with Gasteiger partial charge in [0.05, 0.1) is 13.2 Å². The standard InChI is InChI=1S/C17H25NO3/c19-12-15-4-1-3-14(15)11-18-10-13-5-6-16-17(9-13)21-8-2-7-20-16/h5-6,9,14-15,18-19H,1-4,7-8,10-12H2. The Morgan fingerprint density at radius 1 is 1.05 bits per heavy atom. The lowest BCUT2D eigenvalue weighted by atomic mass is 9.97. The van der Waals surface area contributed by atoms with Crippen LogP contribution in [0, 0.1) is 11.8 Å². The molecule has 116 valence electrons. The maximum Gasteiger partial charge on any atom is 0.161 e. The number of hydrogen-bond acceptors (Lipinski definition) is 4. The van der Waals surface area contributed by atoms with Gasteiger partial charge in [-0.1, -0.05) is 12.5 Å². The molecule has 0 bridgehead atoms. The van der Waals surface area contributed by atoms with Crippen molar-refractivity contribution in [1.29, 1.82) is 0 Å². The molecule has 2 unspecified atom stereocenters. The first-order chi connectivity index (χ1) is 10.4. The molecule has 2 aliphatic rings. The molecule has 1 aliphatic heterocycles. The van der Waals surface area contributed by atoms with Gasteiger partial charge in [0.25, 0.3) is 0 Å². The summed E-state index contributed by atoms with van der Waals surface area (Å²) in [5, 5.41) is 12.9. The van der Waals surface area contributed by atoms with E-state index >= 15 is 0 Å². The molecule has 1 saturated carbocycles. The Hall–Kier alpha value is -1.26. The minimum absolute atomic E-state index is 0.330. The molecule has 0 amide bonds. The Kier molecular flexibility index (Phi) is 4.99. The molecule has 2 atom stereocenters. The third-order valence-electron chi connectivity index (χ3n) is 4.60. The summed E-state index contributed by atoms with van der Waals surface area (Å²) in [7, 11) is 0. The van der Waals surface area contributed by atoms with Crippen molar-refractivity contribution in [3.8, 4) is 11.5 Å². The molecule has 1 heterocycles. The van der Waals surface area contributed by atoms with Crippen molar-refractivity contribution in [3.05, 3.63) is 23.8 Å². The SMILES string of the molecule is OCC1CCCC1CNCc1ccc2c(c1)OCCCO2. The minimum atomic E-state index is 0.330. The van der Waals surface area contributed by atoms with E-state index in [0.717, 1.165) is 44.2 Å². The van der Waals surface area contributed by atoms with Crippen LogP contribution < -0.4 is 14.8 Å². The second-order valence-electron chi connectivity index (χ2n) is 6.10. The molecular formula is C17H25NO3. The lowest BCUT2D eigenvalue weighted by Crippen LogP contribution is -2.26. The maximum atomic E-state index is 9.35. The molecule has 1 aromatic carbocycles. The molecular weight excluding hydrogens is 266 g/mol. The van der Waals surface area contributed by atoms with Crippen molar-refractivity contribution in [2.45, 2.75) is 32.2 Å². The number of aliphatic hydroxyl groups excluding tert-OH is 1. The van der Waals surface area contributed by atoms with Crippen LogP contribution in [0.1, 0.15) is 31.2 Å². The molecule has 4 nitrogen and oxygen atoms in total. The van der Waals surface area contributed by atoms with Crippen molar-refractivity contribution in [1.82, 2.24) is 5.32 Å². The van der Waals surface area contributed by atoms with Crippen molar-refractivity contribution in [3.63, 3.8) is 0 Å². The van der Waals surface area contributed by atoms with Crippen molar-refractivity contribution < 1.29 is 14.6 Å². The fourth-order valence-electron chi connectivity index (χ4n) is 3.34. The van der Waals surface area contributed by atoms with Gasteiger partial charge < -0.3 is 19.9 Å². The predicted octanol–water partition coefficient (Wildman–Crippen LogP) is 2.35. The number of hydrogen-bond donors (Lipinski definition) is 2. The van der Waals surface area contributed by atoms with Gasteiger partial charge in [0, 0.05) is 19.6 Å². The average Bonchev–Trinajstić information content (AvgIpc) is 2.83.